The van der Waals surface area contributed by atoms with Crippen LogP contribution in [0, 0.1) is 0 Å². The molecule has 0 aromatic carbocycles. The second-order valence-electron chi connectivity index (χ2n) is 3.72. The van der Waals surface area contributed by atoms with Gasteiger partial charge in [0.05, 0.1) is 35.9 Å². The second kappa shape index (κ2) is 4.18. The molecule has 92 valence electrons. The minimum absolute atomic E-state index is 0.377. The molecule has 3 aromatic heterocycles. The van der Waals surface area contributed by atoms with Gasteiger partial charge < -0.3 is 5.73 Å². The molecule has 8 nitrogen and oxygen atoms in total. The molecule has 0 amide bonds. The van der Waals surface area contributed by atoms with Crippen LogP contribution in [0.25, 0.3) is 11.4 Å². The van der Waals surface area contributed by atoms with Crippen molar-refractivity contribution in [1.29, 1.82) is 0 Å². The highest BCUT2D eigenvalue weighted by Gasteiger charge is 2.16. The van der Waals surface area contributed by atoms with Crippen molar-refractivity contribution in [2.75, 3.05) is 5.73 Å². The van der Waals surface area contributed by atoms with Gasteiger partial charge in [0.15, 0.2) is 5.82 Å². The molecule has 0 fully saturated rings. The van der Waals surface area contributed by atoms with Crippen LogP contribution in [-0.4, -0.2) is 33.5 Å². The van der Waals surface area contributed by atoms with E-state index in [1.165, 1.54) is 0 Å². The molecule has 0 radical (unpaired) electrons. The number of hydrogen-bond donors (Lipinski definition) is 1. The number of nitrogen functional groups attached to an aromatic ring is 1. The molecular weight excluding hydrogens is 252 g/mol. The average molecular weight is 262 g/mol. The zero-order chi connectivity index (χ0) is 12.5. The number of anilines is 1. The van der Waals surface area contributed by atoms with Crippen molar-refractivity contribution in [3.8, 4) is 11.4 Å². The van der Waals surface area contributed by atoms with Gasteiger partial charge in [0.1, 0.15) is 5.69 Å². The van der Waals surface area contributed by atoms with Gasteiger partial charge in [-0.05, 0) is 6.07 Å². The fourth-order valence-electron chi connectivity index (χ4n) is 1.71. The molecule has 0 aliphatic rings. The fourth-order valence-corrected chi connectivity index (χ4v) is 2.14. The van der Waals surface area contributed by atoms with Crippen molar-refractivity contribution in [3.63, 3.8) is 0 Å². The van der Waals surface area contributed by atoms with Crippen LogP contribution < -0.4 is 5.73 Å². The summed E-state index contributed by atoms with van der Waals surface area (Å²) in [6.07, 6.45) is 3.41. The summed E-state index contributed by atoms with van der Waals surface area (Å²) in [7, 11) is 1.84. The summed E-state index contributed by atoms with van der Waals surface area (Å²) >= 11 is 1.16. The summed E-state index contributed by atoms with van der Waals surface area (Å²) in [5.41, 5.74) is 8.29. The van der Waals surface area contributed by atoms with Gasteiger partial charge in [0, 0.05) is 13.2 Å². The van der Waals surface area contributed by atoms with Crippen LogP contribution in [0.4, 0.5) is 5.82 Å². The van der Waals surface area contributed by atoms with E-state index >= 15 is 0 Å². The van der Waals surface area contributed by atoms with E-state index in [0.29, 0.717) is 12.4 Å². The zero-order valence-corrected chi connectivity index (χ0v) is 10.4. The highest BCUT2D eigenvalue weighted by molar-refractivity contribution is 6.99. The van der Waals surface area contributed by atoms with Crippen molar-refractivity contribution in [2.45, 2.75) is 6.54 Å². The first-order chi connectivity index (χ1) is 8.75. The van der Waals surface area contributed by atoms with Crippen molar-refractivity contribution in [2.24, 2.45) is 7.05 Å². The lowest BCUT2D eigenvalue weighted by Gasteiger charge is -2.05. The number of aromatic nitrogens is 7. The summed E-state index contributed by atoms with van der Waals surface area (Å²) in [5.74, 6) is 0.377. The first-order valence-corrected chi connectivity index (χ1v) is 5.92. The largest absolute Gasteiger partial charge is 0.380 e. The topological polar surface area (TPSA) is 100 Å². The summed E-state index contributed by atoms with van der Waals surface area (Å²) in [6, 6.07) is 1.87. The Kier molecular flexibility index (Phi) is 2.52. The van der Waals surface area contributed by atoms with Crippen molar-refractivity contribution >= 4 is 17.5 Å². The first kappa shape index (κ1) is 10.8. The summed E-state index contributed by atoms with van der Waals surface area (Å²) in [5, 5.41) is 12.0. The quantitative estimate of drug-likeness (QED) is 0.721. The van der Waals surface area contributed by atoms with Crippen LogP contribution >= 0.6 is 11.7 Å². The van der Waals surface area contributed by atoms with E-state index in [2.05, 4.69) is 24.2 Å². The Morgan fingerprint density at radius 1 is 1.44 bits per heavy atom. The van der Waals surface area contributed by atoms with Crippen molar-refractivity contribution in [3.05, 3.63) is 24.2 Å². The van der Waals surface area contributed by atoms with Gasteiger partial charge in [-0.25, -0.2) is 4.68 Å². The molecule has 2 N–H and O–H groups in total. The van der Waals surface area contributed by atoms with Crippen molar-refractivity contribution in [1.82, 2.24) is 33.5 Å². The number of nitrogens with zero attached hydrogens (tertiary/aromatic N) is 7. The van der Waals surface area contributed by atoms with Gasteiger partial charge in [-0.3, -0.25) is 4.68 Å². The molecule has 0 aliphatic carbocycles. The maximum Gasteiger partial charge on any atom is 0.175 e. The number of hydrogen-bond acceptors (Lipinski definition) is 7. The Morgan fingerprint density at radius 2 is 2.33 bits per heavy atom. The Hall–Kier alpha value is -2.29. The van der Waals surface area contributed by atoms with E-state index in [4.69, 9.17) is 5.73 Å². The van der Waals surface area contributed by atoms with Gasteiger partial charge in [-0.1, -0.05) is 5.21 Å². The molecule has 0 spiro atoms. The zero-order valence-electron chi connectivity index (χ0n) is 9.56. The van der Waals surface area contributed by atoms with Gasteiger partial charge in [0.25, 0.3) is 0 Å². The van der Waals surface area contributed by atoms with Gasteiger partial charge in [-0.2, -0.15) is 13.8 Å². The third kappa shape index (κ3) is 1.74. The maximum absolute atomic E-state index is 5.86. The number of aryl methyl sites for hydroxylation is 1. The van der Waals surface area contributed by atoms with E-state index in [1.54, 1.807) is 21.8 Å². The molecule has 3 rings (SSSR count). The Balaban J connectivity index is 2.04. The average Bonchev–Trinajstić information content (AvgIpc) is 3.04. The van der Waals surface area contributed by atoms with Crippen molar-refractivity contribution < 1.29 is 0 Å². The van der Waals surface area contributed by atoms with Crippen LogP contribution in [0.1, 0.15) is 5.69 Å². The third-order valence-corrected chi connectivity index (χ3v) is 3.06. The first-order valence-electron chi connectivity index (χ1n) is 5.19. The predicted octanol–water partition coefficient (Wildman–Crippen LogP) is 0.161. The molecule has 0 bridgehead atoms. The molecule has 0 saturated carbocycles. The van der Waals surface area contributed by atoms with E-state index in [1.807, 2.05) is 13.1 Å². The minimum atomic E-state index is 0.377. The SMILES string of the molecule is Cn1nccc1-c1c(N)nnn1Cc1cnsn1. The molecule has 0 unspecified atom stereocenters. The van der Waals surface area contributed by atoms with Crippen LogP contribution in [0.3, 0.4) is 0 Å². The Labute approximate surface area is 106 Å². The highest BCUT2D eigenvalue weighted by Crippen LogP contribution is 2.23. The predicted molar refractivity (Wildman–Crippen MR) is 65.6 cm³/mol. The highest BCUT2D eigenvalue weighted by atomic mass is 32.1. The lowest BCUT2D eigenvalue weighted by molar-refractivity contribution is 0.641. The fraction of sp³-hybridized carbons (Fsp3) is 0.222. The van der Waals surface area contributed by atoms with Crippen LogP contribution in [0.5, 0.6) is 0 Å². The second-order valence-corrected chi connectivity index (χ2v) is 4.28. The van der Waals surface area contributed by atoms with E-state index in [0.717, 1.165) is 28.8 Å². The van der Waals surface area contributed by atoms with E-state index < -0.39 is 0 Å². The normalized spacial score (nSPS) is 10.9. The molecule has 0 atom stereocenters. The summed E-state index contributed by atoms with van der Waals surface area (Å²) in [4.78, 5) is 0. The molecule has 3 aromatic rings. The van der Waals surface area contributed by atoms with Gasteiger partial charge >= 0.3 is 0 Å². The smallest absolute Gasteiger partial charge is 0.175 e. The maximum atomic E-state index is 5.86. The minimum Gasteiger partial charge on any atom is -0.380 e. The molecule has 18 heavy (non-hydrogen) atoms. The summed E-state index contributed by atoms with van der Waals surface area (Å²) < 4.78 is 11.5. The van der Waals surface area contributed by atoms with Gasteiger partial charge in [-0.15, -0.1) is 5.10 Å². The Morgan fingerprint density at radius 3 is 3.00 bits per heavy atom. The monoisotopic (exact) mass is 262 g/mol. The third-order valence-electron chi connectivity index (χ3n) is 2.54. The van der Waals surface area contributed by atoms with E-state index in [9.17, 15) is 0 Å². The van der Waals surface area contributed by atoms with Crippen LogP contribution in [0.2, 0.25) is 0 Å². The lowest BCUT2D eigenvalue weighted by Crippen LogP contribution is -2.07. The molecule has 9 heteroatoms. The molecular formula is C9H10N8S. The lowest BCUT2D eigenvalue weighted by atomic mass is 10.3. The van der Waals surface area contributed by atoms with Crippen LogP contribution in [-0.2, 0) is 13.6 Å². The van der Waals surface area contributed by atoms with Gasteiger partial charge in [0.2, 0.25) is 0 Å². The number of rotatable bonds is 3. The molecule has 0 saturated heterocycles. The summed E-state index contributed by atoms with van der Waals surface area (Å²) in [6.45, 7) is 0.487. The standard InChI is InChI=1S/C9H10N8S/c1-16-7(2-3-11-16)8-9(10)13-15-17(8)5-6-4-12-18-14-6/h2-4H,5,10H2,1H3. The molecule has 0 aliphatic heterocycles. The molecule has 3 heterocycles. The number of nitrogens with two attached hydrogens (primary N) is 1. The van der Waals surface area contributed by atoms with Crippen LogP contribution in [0.15, 0.2) is 18.5 Å². The van der Waals surface area contributed by atoms with E-state index in [-0.39, 0.29) is 0 Å². The Bertz CT molecular complexity index is 652.